The number of quaternary nitrogens is 1. The van der Waals surface area contributed by atoms with Gasteiger partial charge in [0.05, 0.1) is 40.3 Å². The molecule has 0 bridgehead atoms. The van der Waals surface area contributed by atoms with E-state index in [1.807, 2.05) is 21.1 Å². The molecule has 0 aliphatic carbocycles. The van der Waals surface area contributed by atoms with Crippen LogP contribution >= 0.6 is 0 Å². The van der Waals surface area contributed by atoms with Crippen LogP contribution in [-0.4, -0.2) is 82.3 Å². The van der Waals surface area contributed by atoms with E-state index >= 15 is 0 Å². The van der Waals surface area contributed by atoms with Crippen molar-refractivity contribution in [1.82, 2.24) is 0 Å². The predicted octanol–water partition coefficient (Wildman–Crippen LogP) is 16.3. The molecule has 0 saturated carbocycles. The van der Waals surface area contributed by atoms with Crippen LogP contribution in [0.4, 0.5) is 0 Å². The van der Waals surface area contributed by atoms with Gasteiger partial charge in [0, 0.05) is 12.8 Å². The van der Waals surface area contributed by atoms with Crippen molar-refractivity contribution < 1.29 is 42.9 Å². The fourth-order valence-electron chi connectivity index (χ4n) is 7.28. The third-order valence-corrected chi connectivity index (χ3v) is 11.8. The van der Waals surface area contributed by atoms with Gasteiger partial charge in [-0.05, 0) is 116 Å². The molecule has 0 saturated heterocycles. The van der Waals surface area contributed by atoms with Crippen molar-refractivity contribution in [1.29, 1.82) is 0 Å². The number of unbranched alkanes of at least 4 members (excludes halogenated alkanes) is 13. The molecule has 2 atom stereocenters. The smallest absolute Gasteiger partial charge is 0.306 e. The Morgan fingerprint density at radius 2 is 0.750 bits per heavy atom. The highest BCUT2D eigenvalue weighted by Crippen LogP contribution is 2.13. The molecule has 76 heavy (non-hydrogen) atoms. The quantitative estimate of drug-likeness (QED) is 0.0195. The molecule has 0 heterocycles. The van der Waals surface area contributed by atoms with E-state index in [-0.39, 0.29) is 38.6 Å². The SMILES string of the molecule is CC/C=C\C/C=C\C/C=C\C/C=C\C/C=C\C/C=C\C/C=C\C/C=C\C/C=C\C/C=C\CCCCCCCCC(=O)OC(COC(=O)CCCCCCC/C=C\C/C=C\CCCC)COC(OCC[N+](C)(C)C)C(=O)[O-]. The highest BCUT2D eigenvalue weighted by molar-refractivity contribution is 5.70. The van der Waals surface area contributed by atoms with Crippen molar-refractivity contribution in [3.8, 4) is 0 Å². The lowest BCUT2D eigenvalue weighted by Crippen LogP contribution is -2.44. The number of nitrogens with zero attached hydrogens (tertiary/aromatic N) is 1. The number of hydrogen-bond donors (Lipinski definition) is 0. The summed E-state index contributed by atoms with van der Waals surface area (Å²) in [5, 5.41) is 11.8. The van der Waals surface area contributed by atoms with E-state index in [2.05, 4.69) is 160 Å². The molecule has 0 aliphatic rings. The van der Waals surface area contributed by atoms with Crippen molar-refractivity contribution >= 4 is 17.9 Å². The molecule has 428 valence electrons. The van der Waals surface area contributed by atoms with Crippen LogP contribution in [0.25, 0.3) is 0 Å². The van der Waals surface area contributed by atoms with Crippen LogP contribution in [-0.2, 0) is 33.3 Å². The maximum Gasteiger partial charge on any atom is 0.306 e. The summed E-state index contributed by atoms with van der Waals surface area (Å²) in [5.74, 6) is -2.34. The van der Waals surface area contributed by atoms with E-state index in [9.17, 15) is 19.5 Å². The Morgan fingerprint density at radius 1 is 0.408 bits per heavy atom. The molecular weight excluding hydrogens is 947 g/mol. The van der Waals surface area contributed by atoms with Crippen LogP contribution in [0.15, 0.2) is 146 Å². The minimum atomic E-state index is -1.64. The lowest BCUT2D eigenvalue weighted by Gasteiger charge is -2.26. The number of aliphatic carboxylic acids is 1. The van der Waals surface area contributed by atoms with Crippen molar-refractivity contribution in [2.75, 3.05) is 47.5 Å². The van der Waals surface area contributed by atoms with Crippen LogP contribution in [0.5, 0.6) is 0 Å². The zero-order chi connectivity index (χ0) is 55.5. The summed E-state index contributed by atoms with van der Waals surface area (Å²) in [6, 6.07) is 0. The first-order valence-corrected chi connectivity index (χ1v) is 29.5. The maximum atomic E-state index is 12.9. The van der Waals surface area contributed by atoms with Crippen molar-refractivity contribution in [3.05, 3.63) is 146 Å². The first-order chi connectivity index (χ1) is 37.1. The molecular formula is C67H107NO8. The number of likely N-dealkylation sites (N-methyl/N-ethyl adjacent to an activating group) is 1. The molecule has 0 aromatic heterocycles. The monoisotopic (exact) mass is 1050 g/mol. The fourth-order valence-corrected chi connectivity index (χ4v) is 7.28. The highest BCUT2D eigenvalue weighted by atomic mass is 16.7. The normalized spacial score (nSPS) is 13.9. The Bertz CT molecular complexity index is 1750. The van der Waals surface area contributed by atoms with Gasteiger partial charge in [-0.15, -0.1) is 0 Å². The van der Waals surface area contributed by atoms with Gasteiger partial charge in [0.1, 0.15) is 13.2 Å². The van der Waals surface area contributed by atoms with Crippen molar-refractivity contribution in [2.45, 2.75) is 212 Å². The third-order valence-electron chi connectivity index (χ3n) is 11.8. The van der Waals surface area contributed by atoms with Gasteiger partial charge in [-0.1, -0.05) is 217 Å². The number of allylic oxidation sites excluding steroid dienone is 24. The molecule has 0 rings (SSSR count). The second-order valence-electron chi connectivity index (χ2n) is 20.2. The Balaban J connectivity index is 4.26. The van der Waals surface area contributed by atoms with Gasteiger partial charge >= 0.3 is 11.9 Å². The molecule has 2 unspecified atom stereocenters. The van der Waals surface area contributed by atoms with Gasteiger partial charge < -0.3 is 33.3 Å². The van der Waals surface area contributed by atoms with E-state index in [1.54, 1.807) is 0 Å². The second-order valence-corrected chi connectivity index (χ2v) is 20.2. The number of rotatable bonds is 52. The van der Waals surface area contributed by atoms with E-state index in [1.165, 1.54) is 12.8 Å². The average Bonchev–Trinajstić information content (AvgIpc) is 3.39. The lowest BCUT2D eigenvalue weighted by molar-refractivity contribution is -0.870. The van der Waals surface area contributed by atoms with Crippen LogP contribution in [0.2, 0.25) is 0 Å². The summed E-state index contributed by atoms with van der Waals surface area (Å²) in [7, 11) is 5.89. The van der Waals surface area contributed by atoms with Gasteiger partial charge in [-0.3, -0.25) is 9.59 Å². The second kappa shape index (κ2) is 56.4. The lowest BCUT2D eigenvalue weighted by atomic mass is 10.1. The Morgan fingerprint density at radius 3 is 1.12 bits per heavy atom. The average molecular weight is 1050 g/mol. The van der Waals surface area contributed by atoms with E-state index in [0.29, 0.717) is 23.9 Å². The topological polar surface area (TPSA) is 111 Å². The number of carboxylic acid groups (broad SMARTS) is 1. The summed E-state index contributed by atoms with van der Waals surface area (Å²) < 4.78 is 22.6. The van der Waals surface area contributed by atoms with Crippen LogP contribution in [0.1, 0.15) is 200 Å². The summed E-state index contributed by atoms with van der Waals surface area (Å²) in [4.78, 5) is 37.2. The number of carbonyl (C=O) groups excluding carboxylic acids is 3. The predicted molar refractivity (Wildman–Crippen MR) is 319 cm³/mol. The first kappa shape index (κ1) is 71.2. The highest BCUT2D eigenvalue weighted by Gasteiger charge is 2.22. The number of ether oxygens (including phenoxy) is 4. The first-order valence-electron chi connectivity index (χ1n) is 29.5. The number of esters is 2. The van der Waals surface area contributed by atoms with Gasteiger partial charge in [-0.25, -0.2) is 0 Å². The van der Waals surface area contributed by atoms with E-state index < -0.39 is 24.3 Å². The molecule has 0 fully saturated rings. The van der Waals surface area contributed by atoms with Crippen molar-refractivity contribution in [3.63, 3.8) is 0 Å². The molecule has 0 aromatic rings. The summed E-state index contributed by atoms with van der Waals surface area (Å²) in [6.45, 7) is 4.52. The summed E-state index contributed by atoms with van der Waals surface area (Å²) in [6.07, 6.45) is 79.0. The van der Waals surface area contributed by atoms with E-state index in [0.717, 1.165) is 148 Å². The molecule has 0 radical (unpaired) electrons. The zero-order valence-electron chi connectivity index (χ0n) is 48.6. The standard InChI is InChI=1S/C67H107NO8/c1-6-8-10-12-14-16-18-20-22-23-24-25-26-27-28-29-30-31-32-33-34-35-36-37-38-39-40-41-42-43-44-46-48-50-52-54-56-58-65(70)76-63(62-75-67(66(71)72)73-60-59-68(3,4)5)61-74-64(69)57-55-53-51-49-47-45-21-19-17-15-13-11-9-7-2/h8,10,13-16,19-22,24-25,27-28,30-31,33-34,36-37,39-40,42-43,63,67H,6-7,9,11-12,17-18,23,26,29,32,35,38,41,44-62H2,1-5H3/b10-8-,15-13-,16-14-,21-19-,22-20-,25-24-,28-27-,31-30-,34-33-,37-36-,40-39-,43-42-. The Kier molecular flexibility index (Phi) is 52.8. The largest absolute Gasteiger partial charge is 0.545 e. The van der Waals surface area contributed by atoms with Crippen LogP contribution in [0, 0.1) is 0 Å². The Hall–Kier alpha value is -4.83. The van der Waals surface area contributed by atoms with Gasteiger partial charge in [-0.2, -0.15) is 0 Å². The number of carbonyl (C=O) groups is 3. The van der Waals surface area contributed by atoms with Gasteiger partial charge in [0.2, 0.25) is 0 Å². The maximum absolute atomic E-state index is 12.9. The summed E-state index contributed by atoms with van der Waals surface area (Å²) >= 11 is 0. The molecule has 0 spiro atoms. The minimum absolute atomic E-state index is 0.134. The zero-order valence-corrected chi connectivity index (χ0v) is 48.6. The molecule has 9 nitrogen and oxygen atoms in total. The molecule has 0 N–H and O–H groups in total. The third kappa shape index (κ3) is 56.9. The van der Waals surface area contributed by atoms with Crippen molar-refractivity contribution in [2.24, 2.45) is 0 Å². The van der Waals surface area contributed by atoms with Gasteiger partial charge in [0.25, 0.3) is 0 Å². The molecule has 0 aromatic carbocycles. The van der Waals surface area contributed by atoms with Gasteiger partial charge in [0.15, 0.2) is 12.4 Å². The summed E-state index contributed by atoms with van der Waals surface area (Å²) in [5.41, 5.74) is 0. The number of hydrogen-bond acceptors (Lipinski definition) is 8. The number of carboxylic acids is 1. The molecule has 0 amide bonds. The molecule has 0 aliphatic heterocycles. The Labute approximate surface area is 464 Å². The van der Waals surface area contributed by atoms with E-state index in [4.69, 9.17) is 18.9 Å². The fraction of sp³-hybridized carbons (Fsp3) is 0.597. The van der Waals surface area contributed by atoms with Crippen LogP contribution < -0.4 is 5.11 Å². The molecule has 9 heteroatoms. The minimum Gasteiger partial charge on any atom is -0.545 e. The van der Waals surface area contributed by atoms with Crippen LogP contribution in [0.3, 0.4) is 0 Å².